The average molecular weight is 255 g/mol. The summed E-state index contributed by atoms with van der Waals surface area (Å²) in [7, 11) is 1.95. The quantitative estimate of drug-likeness (QED) is 0.887. The molecule has 0 atom stereocenters. The van der Waals surface area contributed by atoms with Crippen LogP contribution in [0.1, 0.15) is 22.3 Å². The highest BCUT2D eigenvalue weighted by atomic mass is 16.5. The highest BCUT2D eigenvalue weighted by Gasteiger charge is 2.05. The summed E-state index contributed by atoms with van der Waals surface area (Å²) in [6.07, 6.45) is 0. The van der Waals surface area contributed by atoms with E-state index in [9.17, 15) is 0 Å². The van der Waals surface area contributed by atoms with Crippen molar-refractivity contribution in [2.45, 2.75) is 27.3 Å². The van der Waals surface area contributed by atoms with Crippen LogP contribution in [0, 0.1) is 20.8 Å². The van der Waals surface area contributed by atoms with Crippen LogP contribution in [-0.4, -0.2) is 7.05 Å². The van der Waals surface area contributed by atoms with Gasteiger partial charge in [0.05, 0.1) is 0 Å². The molecule has 0 aliphatic rings. The predicted molar refractivity (Wildman–Crippen MR) is 79.9 cm³/mol. The molecule has 0 heterocycles. The standard InChI is InChI=1S/C17H21NO/c1-12-5-6-17(15(8-12)11-18-4)19-16-9-13(2)7-14(3)10-16/h5-10,18H,11H2,1-4H3. The van der Waals surface area contributed by atoms with Crippen molar-refractivity contribution in [3.05, 3.63) is 58.7 Å². The van der Waals surface area contributed by atoms with Gasteiger partial charge in [-0.15, -0.1) is 0 Å². The lowest BCUT2D eigenvalue weighted by atomic mass is 10.1. The Morgan fingerprint density at radius 1 is 0.895 bits per heavy atom. The summed E-state index contributed by atoms with van der Waals surface area (Å²) < 4.78 is 6.04. The van der Waals surface area contributed by atoms with E-state index in [0.29, 0.717) is 0 Å². The minimum atomic E-state index is 0.807. The van der Waals surface area contributed by atoms with Gasteiger partial charge in [0.15, 0.2) is 0 Å². The van der Waals surface area contributed by atoms with E-state index >= 15 is 0 Å². The predicted octanol–water partition coefficient (Wildman–Crippen LogP) is 4.12. The topological polar surface area (TPSA) is 21.3 Å². The summed E-state index contributed by atoms with van der Waals surface area (Å²) >= 11 is 0. The fourth-order valence-electron chi connectivity index (χ4n) is 2.26. The zero-order valence-electron chi connectivity index (χ0n) is 12.1. The number of hydrogen-bond acceptors (Lipinski definition) is 2. The second-order valence-electron chi connectivity index (χ2n) is 5.07. The van der Waals surface area contributed by atoms with Crippen LogP contribution in [0.15, 0.2) is 36.4 Å². The molecule has 100 valence electrons. The number of hydrogen-bond donors (Lipinski definition) is 1. The first-order valence-corrected chi connectivity index (χ1v) is 6.59. The first-order valence-electron chi connectivity index (χ1n) is 6.59. The Hall–Kier alpha value is -1.80. The van der Waals surface area contributed by atoms with E-state index in [2.05, 4.69) is 56.4 Å². The van der Waals surface area contributed by atoms with Crippen LogP contribution >= 0.6 is 0 Å². The summed E-state index contributed by atoms with van der Waals surface area (Å²) in [5.74, 6) is 1.82. The van der Waals surface area contributed by atoms with Crippen molar-refractivity contribution in [3.63, 3.8) is 0 Å². The third-order valence-corrected chi connectivity index (χ3v) is 3.01. The molecular formula is C17H21NO. The second kappa shape index (κ2) is 5.89. The summed E-state index contributed by atoms with van der Waals surface area (Å²) in [5.41, 5.74) is 4.87. The van der Waals surface area contributed by atoms with E-state index in [1.807, 2.05) is 13.1 Å². The van der Waals surface area contributed by atoms with Gasteiger partial charge >= 0.3 is 0 Å². The van der Waals surface area contributed by atoms with E-state index in [-0.39, 0.29) is 0 Å². The van der Waals surface area contributed by atoms with Gasteiger partial charge < -0.3 is 10.1 Å². The summed E-state index contributed by atoms with van der Waals surface area (Å²) in [6, 6.07) is 12.6. The van der Waals surface area contributed by atoms with Gasteiger partial charge in [0, 0.05) is 12.1 Å². The van der Waals surface area contributed by atoms with E-state index in [1.165, 1.54) is 22.3 Å². The number of benzene rings is 2. The number of nitrogens with one attached hydrogen (secondary N) is 1. The van der Waals surface area contributed by atoms with Gasteiger partial charge in [0.2, 0.25) is 0 Å². The molecule has 0 spiro atoms. The minimum absolute atomic E-state index is 0.807. The molecule has 2 aromatic carbocycles. The minimum Gasteiger partial charge on any atom is -0.457 e. The normalized spacial score (nSPS) is 10.5. The van der Waals surface area contributed by atoms with E-state index in [0.717, 1.165) is 18.0 Å². The molecule has 0 aliphatic heterocycles. The molecule has 0 fully saturated rings. The van der Waals surface area contributed by atoms with E-state index in [4.69, 9.17) is 4.74 Å². The van der Waals surface area contributed by atoms with Crippen LogP contribution in [-0.2, 0) is 6.54 Å². The summed E-state index contributed by atoms with van der Waals surface area (Å²) in [4.78, 5) is 0. The van der Waals surface area contributed by atoms with Gasteiger partial charge in [-0.1, -0.05) is 23.8 Å². The van der Waals surface area contributed by atoms with Crippen LogP contribution in [0.3, 0.4) is 0 Å². The van der Waals surface area contributed by atoms with Gasteiger partial charge in [-0.05, 0) is 57.1 Å². The number of aryl methyl sites for hydroxylation is 3. The Balaban J connectivity index is 2.31. The lowest BCUT2D eigenvalue weighted by Gasteiger charge is -2.13. The molecule has 0 saturated heterocycles. The van der Waals surface area contributed by atoms with Crippen molar-refractivity contribution in [2.75, 3.05) is 7.05 Å². The molecule has 0 radical (unpaired) electrons. The van der Waals surface area contributed by atoms with Crippen LogP contribution in [0.5, 0.6) is 11.5 Å². The molecule has 19 heavy (non-hydrogen) atoms. The zero-order valence-corrected chi connectivity index (χ0v) is 12.1. The van der Waals surface area contributed by atoms with Crippen molar-refractivity contribution in [3.8, 4) is 11.5 Å². The third-order valence-electron chi connectivity index (χ3n) is 3.01. The smallest absolute Gasteiger partial charge is 0.131 e. The van der Waals surface area contributed by atoms with Crippen molar-refractivity contribution >= 4 is 0 Å². The maximum atomic E-state index is 6.04. The highest BCUT2D eigenvalue weighted by Crippen LogP contribution is 2.27. The third kappa shape index (κ3) is 3.58. The van der Waals surface area contributed by atoms with Crippen molar-refractivity contribution < 1.29 is 4.74 Å². The van der Waals surface area contributed by atoms with Crippen molar-refractivity contribution in [1.82, 2.24) is 5.32 Å². The fraction of sp³-hybridized carbons (Fsp3) is 0.294. The fourth-order valence-corrected chi connectivity index (χ4v) is 2.26. The molecule has 0 saturated carbocycles. The largest absolute Gasteiger partial charge is 0.457 e. The highest BCUT2D eigenvalue weighted by molar-refractivity contribution is 5.42. The van der Waals surface area contributed by atoms with Crippen molar-refractivity contribution in [2.24, 2.45) is 0 Å². The Morgan fingerprint density at radius 2 is 1.58 bits per heavy atom. The first-order chi connectivity index (χ1) is 9.08. The summed E-state index contributed by atoms with van der Waals surface area (Å²) in [5, 5.41) is 3.18. The first kappa shape index (κ1) is 13.6. The molecule has 0 amide bonds. The molecule has 0 unspecified atom stereocenters. The summed E-state index contributed by atoms with van der Waals surface area (Å²) in [6.45, 7) is 7.08. The molecule has 0 aliphatic carbocycles. The van der Waals surface area contributed by atoms with Gasteiger partial charge in [-0.25, -0.2) is 0 Å². The van der Waals surface area contributed by atoms with E-state index < -0.39 is 0 Å². The molecular weight excluding hydrogens is 234 g/mol. The zero-order chi connectivity index (χ0) is 13.8. The molecule has 2 aromatic rings. The number of rotatable bonds is 4. The average Bonchev–Trinajstić information content (AvgIpc) is 2.32. The number of ether oxygens (including phenoxy) is 1. The second-order valence-corrected chi connectivity index (χ2v) is 5.07. The van der Waals surface area contributed by atoms with Crippen molar-refractivity contribution in [1.29, 1.82) is 0 Å². The molecule has 2 rings (SSSR count). The lowest BCUT2D eigenvalue weighted by Crippen LogP contribution is -2.06. The van der Waals surface area contributed by atoms with Crippen LogP contribution in [0.25, 0.3) is 0 Å². The van der Waals surface area contributed by atoms with Crippen LogP contribution in [0.4, 0.5) is 0 Å². The van der Waals surface area contributed by atoms with E-state index in [1.54, 1.807) is 0 Å². The van der Waals surface area contributed by atoms with Gasteiger partial charge in [0.1, 0.15) is 11.5 Å². The Bertz CT molecular complexity index is 555. The molecule has 0 aromatic heterocycles. The van der Waals surface area contributed by atoms with Gasteiger partial charge in [0.25, 0.3) is 0 Å². The van der Waals surface area contributed by atoms with Crippen LogP contribution in [0.2, 0.25) is 0 Å². The Kier molecular flexibility index (Phi) is 4.23. The molecule has 2 nitrogen and oxygen atoms in total. The molecule has 0 bridgehead atoms. The lowest BCUT2D eigenvalue weighted by molar-refractivity contribution is 0.473. The molecule has 2 heteroatoms. The van der Waals surface area contributed by atoms with Gasteiger partial charge in [-0.2, -0.15) is 0 Å². The molecule has 1 N–H and O–H groups in total. The SMILES string of the molecule is CNCc1cc(C)ccc1Oc1cc(C)cc(C)c1. The Labute approximate surface area is 115 Å². The van der Waals surface area contributed by atoms with Crippen LogP contribution < -0.4 is 10.1 Å². The maximum Gasteiger partial charge on any atom is 0.131 e. The maximum absolute atomic E-state index is 6.04. The monoisotopic (exact) mass is 255 g/mol. The van der Waals surface area contributed by atoms with Gasteiger partial charge in [-0.3, -0.25) is 0 Å². The Morgan fingerprint density at radius 3 is 2.21 bits per heavy atom.